The number of carbonyl (C=O) groups is 2. The second-order valence-corrected chi connectivity index (χ2v) is 4.74. The smallest absolute Gasteiger partial charge is 0.252 e. The third-order valence-electron chi connectivity index (χ3n) is 2.62. The quantitative estimate of drug-likeness (QED) is 0.684. The monoisotopic (exact) mass is 279 g/mol. The van der Waals surface area contributed by atoms with Crippen LogP contribution in [0.5, 0.6) is 0 Å². The van der Waals surface area contributed by atoms with Crippen molar-refractivity contribution in [3.8, 4) is 0 Å². The maximum atomic E-state index is 11.8. The molecule has 2 amide bonds. The molecule has 0 aliphatic carbocycles. The molecule has 0 aliphatic rings. The first-order chi connectivity index (χ1) is 9.35. The van der Waals surface area contributed by atoms with E-state index < -0.39 is 5.91 Å². The summed E-state index contributed by atoms with van der Waals surface area (Å²) in [4.78, 5) is 29.1. The molecule has 0 fully saturated rings. The minimum atomic E-state index is -0.623. The van der Waals surface area contributed by atoms with Crippen LogP contribution < -0.4 is 21.7 Å². The van der Waals surface area contributed by atoms with E-state index in [4.69, 9.17) is 11.5 Å². The molecular formula is C13H21N5O2. The Bertz CT molecular complexity index is 502. The summed E-state index contributed by atoms with van der Waals surface area (Å²) in [6.07, 6.45) is 1.44. The number of primary amides is 1. The van der Waals surface area contributed by atoms with Crippen LogP contribution in [0.2, 0.25) is 0 Å². The highest BCUT2D eigenvalue weighted by Gasteiger charge is 2.18. The summed E-state index contributed by atoms with van der Waals surface area (Å²) in [7, 11) is 0. The minimum Gasteiger partial charge on any atom is -0.397 e. The van der Waals surface area contributed by atoms with Crippen LogP contribution in [0.3, 0.4) is 0 Å². The molecule has 7 heteroatoms. The van der Waals surface area contributed by atoms with Gasteiger partial charge in [0.2, 0.25) is 5.91 Å². The molecule has 0 saturated heterocycles. The summed E-state index contributed by atoms with van der Waals surface area (Å²) in [6.45, 7) is 6.25. The van der Waals surface area contributed by atoms with E-state index in [1.807, 2.05) is 20.8 Å². The van der Waals surface area contributed by atoms with Gasteiger partial charge >= 0.3 is 0 Å². The van der Waals surface area contributed by atoms with Gasteiger partial charge in [-0.25, -0.2) is 4.98 Å². The van der Waals surface area contributed by atoms with Crippen LogP contribution in [0.4, 0.5) is 11.5 Å². The largest absolute Gasteiger partial charge is 0.397 e. The van der Waals surface area contributed by atoms with E-state index in [-0.39, 0.29) is 24.1 Å². The van der Waals surface area contributed by atoms with E-state index in [1.165, 1.54) is 12.3 Å². The molecule has 0 atom stereocenters. The Morgan fingerprint density at radius 1 is 1.45 bits per heavy atom. The first-order valence-corrected chi connectivity index (χ1v) is 6.44. The van der Waals surface area contributed by atoms with Gasteiger partial charge < -0.3 is 21.7 Å². The third kappa shape index (κ3) is 4.11. The number of nitrogens with one attached hydrogen (secondary N) is 1. The predicted octanol–water partition coefficient (Wildman–Crippen LogP) is 0.114. The van der Waals surface area contributed by atoms with Crippen molar-refractivity contribution >= 4 is 23.3 Å². The second kappa shape index (κ2) is 6.74. The Morgan fingerprint density at radius 2 is 2.10 bits per heavy atom. The summed E-state index contributed by atoms with van der Waals surface area (Å²) in [5, 5.41) is 2.79. The normalized spacial score (nSPS) is 10.4. The van der Waals surface area contributed by atoms with E-state index >= 15 is 0 Å². The number of carbonyl (C=O) groups excluding carboxylic acids is 2. The molecule has 0 radical (unpaired) electrons. The van der Waals surface area contributed by atoms with Crippen molar-refractivity contribution in [3.63, 3.8) is 0 Å². The lowest BCUT2D eigenvalue weighted by molar-refractivity contribution is -0.120. The molecule has 0 aromatic carbocycles. The number of hydrogen-bond acceptors (Lipinski definition) is 5. The number of amides is 2. The molecular weight excluding hydrogens is 258 g/mol. The highest BCUT2D eigenvalue weighted by molar-refractivity contribution is 5.99. The molecule has 5 N–H and O–H groups in total. The summed E-state index contributed by atoms with van der Waals surface area (Å²) in [6, 6.07) is 1.52. The van der Waals surface area contributed by atoms with Gasteiger partial charge in [-0.1, -0.05) is 0 Å². The standard InChI is InChI=1S/C13H21N5O2/c1-4-18(7-11(19)17-8(2)3)13-10(12(15)20)5-9(14)6-16-13/h5-6,8H,4,7,14H2,1-3H3,(H2,15,20)(H,17,19). The van der Waals surface area contributed by atoms with Crippen LogP contribution in [0, 0.1) is 0 Å². The van der Waals surface area contributed by atoms with Gasteiger partial charge in [0, 0.05) is 12.6 Å². The summed E-state index contributed by atoms with van der Waals surface area (Å²) < 4.78 is 0. The topological polar surface area (TPSA) is 114 Å². The molecule has 0 aliphatic heterocycles. The van der Waals surface area contributed by atoms with Crippen molar-refractivity contribution in [3.05, 3.63) is 17.8 Å². The highest BCUT2D eigenvalue weighted by atomic mass is 16.2. The third-order valence-corrected chi connectivity index (χ3v) is 2.62. The van der Waals surface area contributed by atoms with Gasteiger partial charge in [-0.3, -0.25) is 9.59 Å². The Hall–Kier alpha value is -2.31. The van der Waals surface area contributed by atoms with E-state index in [1.54, 1.807) is 4.90 Å². The number of aromatic nitrogens is 1. The molecule has 0 spiro atoms. The first kappa shape index (κ1) is 15.7. The average molecular weight is 279 g/mol. The van der Waals surface area contributed by atoms with Crippen LogP contribution in [0.15, 0.2) is 12.3 Å². The SMILES string of the molecule is CCN(CC(=O)NC(C)C)c1ncc(N)cc1C(N)=O. The Morgan fingerprint density at radius 3 is 2.60 bits per heavy atom. The van der Waals surface area contributed by atoms with Gasteiger partial charge in [0.25, 0.3) is 5.91 Å². The van der Waals surface area contributed by atoms with E-state index in [2.05, 4.69) is 10.3 Å². The molecule has 1 aromatic rings. The van der Waals surface area contributed by atoms with Crippen molar-refractivity contribution < 1.29 is 9.59 Å². The fourth-order valence-corrected chi connectivity index (χ4v) is 1.78. The van der Waals surface area contributed by atoms with Crippen molar-refractivity contribution in [1.82, 2.24) is 10.3 Å². The average Bonchev–Trinajstić information content (AvgIpc) is 2.35. The number of nitrogens with two attached hydrogens (primary N) is 2. The molecule has 1 heterocycles. The van der Waals surface area contributed by atoms with Gasteiger partial charge in [0.15, 0.2) is 0 Å². The summed E-state index contributed by atoms with van der Waals surface area (Å²) in [5.41, 5.74) is 11.5. The Labute approximate surface area is 118 Å². The number of nitrogens with zero attached hydrogens (tertiary/aromatic N) is 2. The van der Waals surface area contributed by atoms with Gasteiger partial charge in [0.05, 0.1) is 24.0 Å². The maximum absolute atomic E-state index is 11.8. The fourth-order valence-electron chi connectivity index (χ4n) is 1.78. The Balaban J connectivity index is 3.00. The van der Waals surface area contributed by atoms with Gasteiger partial charge in [-0.05, 0) is 26.8 Å². The molecule has 1 aromatic heterocycles. The van der Waals surface area contributed by atoms with Gasteiger partial charge in [-0.15, -0.1) is 0 Å². The lowest BCUT2D eigenvalue weighted by Gasteiger charge is -2.23. The van der Waals surface area contributed by atoms with Crippen molar-refractivity contribution in [2.75, 3.05) is 23.7 Å². The zero-order valence-corrected chi connectivity index (χ0v) is 12.0. The number of likely N-dealkylation sites (N-methyl/N-ethyl adjacent to an activating group) is 1. The van der Waals surface area contributed by atoms with Crippen molar-refractivity contribution in [2.24, 2.45) is 5.73 Å². The van der Waals surface area contributed by atoms with Crippen LogP contribution in [0.25, 0.3) is 0 Å². The number of anilines is 2. The van der Waals surface area contributed by atoms with Crippen LogP contribution in [-0.2, 0) is 4.79 Å². The highest BCUT2D eigenvalue weighted by Crippen LogP contribution is 2.19. The van der Waals surface area contributed by atoms with E-state index in [0.717, 1.165) is 0 Å². The lowest BCUT2D eigenvalue weighted by Crippen LogP contribution is -2.41. The molecule has 110 valence electrons. The number of hydrogen-bond donors (Lipinski definition) is 3. The van der Waals surface area contributed by atoms with Crippen LogP contribution in [-0.4, -0.2) is 35.9 Å². The molecule has 20 heavy (non-hydrogen) atoms. The maximum Gasteiger partial charge on any atom is 0.252 e. The van der Waals surface area contributed by atoms with Gasteiger partial charge in [0.1, 0.15) is 5.82 Å². The van der Waals surface area contributed by atoms with Crippen molar-refractivity contribution in [1.29, 1.82) is 0 Å². The van der Waals surface area contributed by atoms with E-state index in [0.29, 0.717) is 18.1 Å². The predicted molar refractivity (Wildman–Crippen MR) is 78.3 cm³/mol. The molecule has 0 bridgehead atoms. The zero-order valence-electron chi connectivity index (χ0n) is 12.0. The molecule has 0 saturated carbocycles. The molecule has 7 nitrogen and oxygen atoms in total. The molecule has 1 rings (SSSR count). The first-order valence-electron chi connectivity index (χ1n) is 6.44. The number of rotatable bonds is 6. The summed E-state index contributed by atoms with van der Waals surface area (Å²) >= 11 is 0. The summed E-state index contributed by atoms with van der Waals surface area (Å²) in [5.74, 6) is -0.397. The fraction of sp³-hybridized carbons (Fsp3) is 0.462. The number of nitrogen functional groups attached to an aromatic ring is 1. The minimum absolute atomic E-state index is 0.0520. The number of pyridine rings is 1. The molecule has 0 unspecified atom stereocenters. The Kier molecular flexibility index (Phi) is 5.31. The van der Waals surface area contributed by atoms with Gasteiger partial charge in [-0.2, -0.15) is 0 Å². The van der Waals surface area contributed by atoms with Crippen molar-refractivity contribution in [2.45, 2.75) is 26.8 Å². The van der Waals surface area contributed by atoms with Crippen LogP contribution in [0.1, 0.15) is 31.1 Å². The lowest BCUT2D eigenvalue weighted by atomic mass is 10.2. The second-order valence-electron chi connectivity index (χ2n) is 4.74. The van der Waals surface area contributed by atoms with E-state index in [9.17, 15) is 9.59 Å². The van der Waals surface area contributed by atoms with Crippen LogP contribution >= 0.6 is 0 Å². The zero-order chi connectivity index (χ0) is 15.3.